The van der Waals surface area contributed by atoms with E-state index in [4.69, 9.17) is 0 Å². The van der Waals surface area contributed by atoms with E-state index >= 15 is 0 Å². The molecule has 0 unspecified atom stereocenters. The molecule has 0 bridgehead atoms. The van der Waals surface area contributed by atoms with E-state index in [1.807, 2.05) is 11.4 Å². The van der Waals surface area contributed by atoms with Gasteiger partial charge in [0.2, 0.25) is 0 Å². The van der Waals surface area contributed by atoms with Crippen LogP contribution in [0.1, 0.15) is 12.5 Å². The lowest BCUT2D eigenvalue weighted by Gasteiger charge is -1.98. The number of rotatable bonds is 3. The highest BCUT2D eigenvalue weighted by Crippen LogP contribution is 2.25. The summed E-state index contributed by atoms with van der Waals surface area (Å²) in [6, 6.07) is 1.84. The molecule has 68 valence electrons. The Kier molecular flexibility index (Phi) is 3.31. The predicted octanol–water partition coefficient (Wildman–Crippen LogP) is 2.45. The second-order valence-electron chi connectivity index (χ2n) is 2.40. The first-order valence-electron chi connectivity index (χ1n) is 3.47. The van der Waals surface area contributed by atoms with Crippen LogP contribution in [0.4, 0.5) is 0 Å². The van der Waals surface area contributed by atoms with Gasteiger partial charge in [0, 0.05) is 5.75 Å². The Bertz CT molecular complexity index is 353. The Morgan fingerprint density at radius 1 is 1.58 bits per heavy atom. The van der Waals surface area contributed by atoms with E-state index in [0.717, 1.165) is 9.35 Å². The molecule has 12 heavy (non-hydrogen) atoms. The van der Waals surface area contributed by atoms with Crippen LogP contribution in [0.5, 0.6) is 0 Å². The molecule has 0 fully saturated rings. The van der Waals surface area contributed by atoms with Crippen molar-refractivity contribution in [1.82, 2.24) is 0 Å². The van der Waals surface area contributed by atoms with E-state index in [1.54, 1.807) is 6.92 Å². The van der Waals surface area contributed by atoms with Gasteiger partial charge in [-0.25, -0.2) is 8.42 Å². The molecule has 1 aromatic rings. The molecule has 0 N–H and O–H groups in total. The third-order valence-electron chi connectivity index (χ3n) is 1.51. The van der Waals surface area contributed by atoms with Gasteiger partial charge in [-0.15, -0.1) is 11.3 Å². The van der Waals surface area contributed by atoms with E-state index in [1.165, 1.54) is 11.3 Å². The lowest BCUT2D eigenvalue weighted by atomic mass is 10.4. The van der Waals surface area contributed by atoms with Crippen molar-refractivity contribution < 1.29 is 8.42 Å². The van der Waals surface area contributed by atoms with Gasteiger partial charge >= 0.3 is 0 Å². The van der Waals surface area contributed by atoms with Crippen LogP contribution in [0.15, 0.2) is 15.2 Å². The zero-order valence-corrected chi connectivity index (χ0v) is 9.80. The van der Waals surface area contributed by atoms with Gasteiger partial charge < -0.3 is 0 Å². The maximum absolute atomic E-state index is 11.2. The smallest absolute Gasteiger partial charge is 0.154 e. The molecule has 1 aromatic heterocycles. The summed E-state index contributed by atoms with van der Waals surface area (Å²) in [5, 5.41) is 1.88. The van der Waals surface area contributed by atoms with Crippen LogP contribution < -0.4 is 0 Å². The molecule has 0 aromatic carbocycles. The van der Waals surface area contributed by atoms with Crippen molar-refractivity contribution in [3.05, 3.63) is 20.8 Å². The summed E-state index contributed by atoms with van der Waals surface area (Å²) in [7, 11) is -2.89. The largest absolute Gasteiger partial charge is 0.229 e. The summed E-state index contributed by atoms with van der Waals surface area (Å²) >= 11 is 4.81. The van der Waals surface area contributed by atoms with Crippen LogP contribution in [0, 0.1) is 0 Å². The van der Waals surface area contributed by atoms with Crippen molar-refractivity contribution in [3.63, 3.8) is 0 Å². The van der Waals surface area contributed by atoms with Gasteiger partial charge in [-0.1, -0.05) is 6.92 Å². The van der Waals surface area contributed by atoms with Gasteiger partial charge in [0.1, 0.15) is 0 Å². The van der Waals surface area contributed by atoms with Crippen molar-refractivity contribution in [3.8, 4) is 0 Å². The van der Waals surface area contributed by atoms with E-state index in [-0.39, 0.29) is 11.5 Å². The zero-order valence-electron chi connectivity index (χ0n) is 6.58. The molecule has 0 saturated heterocycles. The average molecular weight is 269 g/mol. The second-order valence-corrected chi connectivity index (χ2v) is 6.98. The molecule has 0 atom stereocenters. The van der Waals surface area contributed by atoms with Crippen molar-refractivity contribution >= 4 is 37.1 Å². The molecule has 0 amide bonds. The molecule has 0 aliphatic carbocycles. The lowest BCUT2D eigenvalue weighted by Crippen LogP contribution is -2.05. The molecule has 0 spiro atoms. The maximum Gasteiger partial charge on any atom is 0.154 e. The highest BCUT2D eigenvalue weighted by Gasteiger charge is 2.11. The third kappa shape index (κ3) is 2.57. The minimum atomic E-state index is -2.89. The van der Waals surface area contributed by atoms with Crippen molar-refractivity contribution in [1.29, 1.82) is 0 Å². The van der Waals surface area contributed by atoms with Gasteiger partial charge in [-0.05, 0) is 32.9 Å². The Balaban J connectivity index is 2.84. The molecule has 0 saturated carbocycles. The van der Waals surface area contributed by atoms with Crippen molar-refractivity contribution in [2.24, 2.45) is 0 Å². The molecule has 0 aliphatic rings. The first kappa shape index (κ1) is 10.2. The normalized spacial score (nSPS) is 11.8. The number of hydrogen-bond acceptors (Lipinski definition) is 3. The fraction of sp³-hybridized carbons (Fsp3) is 0.429. The molecule has 5 heteroatoms. The molecule has 1 rings (SSSR count). The zero-order chi connectivity index (χ0) is 9.19. The summed E-state index contributed by atoms with van der Waals surface area (Å²) in [6.07, 6.45) is 0. The summed E-state index contributed by atoms with van der Waals surface area (Å²) < 4.78 is 23.3. The van der Waals surface area contributed by atoms with Crippen molar-refractivity contribution in [2.45, 2.75) is 12.7 Å². The van der Waals surface area contributed by atoms with Gasteiger partial charge in [0.05, 0.1) is 9.54 Å². The van der Waals surface area contributed by atoms with Gasteiger partial charge in [-0.2, -0.15) is 0 Å². The Morgan fingerprint density at radius 3 is 2.67 bits per heavy atom. The second kappa shape index (κ2) is 3.89. The monoisotopic (exact) mass is 268 g/mol. The fourth-order valence-electron chi connectivity index (χ4n) is 0.761. The highest BCUT2D eigenvalue weighted by molar-refractivity contribution is 9.11. The van der Waals surface area contributed by atoms with Gasteiger partial charge in [-0.3, -0.25) is 0 Å². The molecule has 2 nitrogen and oxygen atoms in total. The van der Waals surface area contributed by atoms with Crippen molar-refractivity contribution in [2.75, 3.05) is 5.75 Å². The number of hydrogen-bond donors (Lipinski definition) is 0. The van der Waals surface area contributed by atoms with Gasteiger partial charge in [0.25, 0.3) is 0 Å². The first-order chi connectivity index (χ1) is 5.55. The number of thiophene rings is 1. The molecule has 0 radical (unpaired) electrons. The van der Waals surface area contributed by atoms with E-state index in [9.17, 15) is 8.42 Å². The van der Waals surface area contributed by atoms with E-state index in [0.29, 0.717) is 0 Å². The molecule has 0 aliphatic heterocycles. The standard InChI is InChI=1S/C7H9BrO2S2/c1-2-12(9,10)5-6-3-4-11-7(6)8/h3-4H,2,5H2,1H3. The summed E-state index contributed by atoms with van der Waals surface area (Å²) in [5.74, 6) is 0.350. The van der Waals surface area contributed by atoms with Crippen LogP contribution in [0.3, 0.4) is 0 Å². The van der Waals surface area contributed by atoms with Crippen LogP contribution in [0.25, 0.3) is 0 Å². The van der Waals surface area contributed by atoms with Crippen LogP contribution in [-0.2, 0) is 15.6 Å². The minimum absolute atomic E-state index is 0.146. The fourth-order valence-corrected chi connectivity index (χ4v) is 3.20. The average Bonchev–Trinajstić information content (AvgIpc) is 2.36. The minimum Gasteiger partial charge on any atom is -0.229 e. The van der Waals surface area contributed by atoms with Gasteiger partial charge in [0.15, 0.2) is 9.84 Å². The molecule has 1 heterocycles. The lowest BCUT2D eigenvalue weighted by molar-refractivity contribution is 0.596. The molecular weight excluding hydrogens is 260 g/mol. The highest BCUT2D eigenvalue weighted by atomic mass is 79.9. The topological polar surface area (TPSA) is 34.1 Å². The van der Waals surface area contributed by atoms with Crippen LogP contribution in [-0.4, -0.2) is 14.2 Å². The SMILES string of the molecule is CCS(=O)(=O)Cc1ccsc1Br. The summed E-state index contributed by atoms with van der Waals surface area (Å²) in [4.78, 5) is 0. The predicted molar refractivity (Wildman–Crippen MR) is 55.2 cm³/mol. The molecular formula is C7H9BrO2S2. The Hall–Kier alpha value is 0.130. The number of halogens is 1. The van der Waals surface area contributed by atoms with E-state index in [2.05, 4.69) is 15.9 Å². The Labute approximate surface area is 84.7 Å². The summed E-state index contributed by atoms with van der Waals surface area (Å²) in [6.45, 7) is 1.66. The Morgan fingerprint density at radius 2 is 2.25 bits per heavy atom. The van der Waals surface area contributed by atoms with Crippen LogP contribution >= 0.6 is 27.3 Å². The summed E-state index contributed by atoms with van der Waals surface area (Å²) in [5.41, 5.74) is 0.863. The maximum atomic E-state index is 11.2. The van der Waals surface area contributed by atoms with E-state index < -0.39 is 9.84 Å². The first-order valence-corrected chi connectivity index (χ1v) is 6.97. The van der Waals surface area contributed by atoms with Crippen LogP contribution in [0.2, 0.25) is 0 Å². The third-order valence-corrected chi connectivity index (χ3v) is 4.95. The quantitative estimate of drug-likeness (QED) is 0.844. The number of sulfone groups is 1.